The van der Waals surface area contributed by atoms with Gasteiger partial charge in [-0.15, -0.1) is 0 Å². The first kappa shape index (κ1) is 24.5. The Hall–Kier alpha value is -4.82. The fourth-order valence-corrected chi connectivity index (χ4v) is 5.53. The Labute approximate surface area is 227 Å². The van der Waals surface area contributed by atoms with Gasteiger partial charge in [0.2, 0.25) is 0 Å². The summed E-state index contributed by atoms with van der Waals surface area (Å²) in [6.07, 6.45) is 0. The first-order chi connectivity index (χ1) is 19.1. The van der Waals surface area contributed by atoms with Crippen LogP contribution in [0.1, 0.15) is 22.3 Å². The van der Waals surface area contributed by atoms with Gasteiger partial charge >= 0.3 is 0 Å². The number of rotatable bonds is 6. The highest BCUT2D eigenvalue weighted by molar-refractivity contribution is 5.69. The van der Waals surface area contributed by atoms with Crippen molar-refractivity contribution in [2.45, 2.75) is 5.41 Å². The third-order valence-electron chi connectivity index (χ3n) is 7.37. The van der Waals surface area contributed by atoms with Crippen LogP contribution in [0.3, 0.4) is 0 Å². The Morgan fingerprint density at radius 2 is 0.718 bits per heavy atom. The molecule has 0 aliphatic heterocycles. The van der Waals surface area contributed by atoms with Crippen LogP contribution in [-0.4, -0.2) is 0 Å². The Kier molecular flexibility index (Phi) is 6.61. The molecule has 0 saturated heterocycles. The molecule has 0 N–H and O–H groups in total. The molecule has 188 valence electrons. The van der Waals surface area contributed by atoms with Crippen LogP contribution in [0.2, 0.25) is 0 Å². The highest BCUT2D eigenvalue weighted by Crippen LogP contribution is 2.46. The van der Waals surface area contributed by atoms with Crippen LogP contribution in [0.25, 0.3) is 22.3 Å². The van der Waals surface area contributed by atoms with Crippen LogP contribution in [0.4, 0.5) is 8.78 Å². The van der Waals surface area contributed by atoms with Gasteiger partial charge in [0.05, 0.1) is 5.41 Å². The largest absolute Gasteiger partial charge is 0.207 e. The van der Waals surface area contributed by atoms with Gasteiger partial charge in [-0.05, 0) is 68.8 Å². The summed E-state index contributed by atoms with van der Waals surface area (Å²) in [5, 5.41) is 0. The Morgan fingerprint density at radius 3 is 1.28 bits per heavy atom. The minimum atomic E-state index is -0.779. The van der Waals surface area contributed by atoms with Gasteiger partial charge in [-0.2, -0.15) is 0 Å². The van der Waals surface area contributed by atoms with Crippen molar-refractivity contribution in [1.29, 1.82) is 0 Å². The van der Waals surface area contributed by atoms with Gasteiger partial charge in [0.1, 0.15) is 11.6 Å². The van der Waals surface area contributed by atoms with Gasteiger partial charge in [-0.1, -0.05) is 133 Å². The molecule has 0 saturated carbocycles. The van der Waals surface area contributed by atoms with Crippen molar-refractivity contribution in [3.8, 4) is 22.3 Å². The van der Waals surface area contributed by atoms with Crippen LogP contribution < -0.4 is 0 Å². The SMILES string of the molecule is Fc1cccc(-c2ccc(C(c3ccccc3)(c3ccc(-c4ccccc4)cc3)c3cccc(F)c3)cc2)c1. The predicted octanol–water partition coefficient (Wildman–Crippen LogP) is 9.68. The maximum atomic E-state index is 14.8. The zero-order chi connectivity index (χ0) is 26.7. The number of benzene rings is 6. The van der Waals surface area contributed by atoms with Crippen molar-refractivity contribution >= 4 is 0 Å². The van der Waals surface area contributed by atoms with Crippen LogP contribution in [-0.2, 0) is 5.41 Å². The first-order valence-electron chi connectivity index (χ1n) is 13.0. The van der Waals surface area contributed by atoms with E-state index in [9.17, 15) is 8.78 Å². The van der Waals surface area contributed by atoms with Crippen LogP contribution in [0, 0.1) is 11.6 Å². The van der Waals surface area contributed by atoms with Gasteiger partial charge in [0.15, 0.2) is 0 Å². The lowest BCUT2D eigenvalue weighted by Gasteiger charge is -2.37. The van der Waals surface area contributed by atoms with Gasteiger partial charge in [0, 0.05) is 0 Å². The molecule has 6 aromatic carbocycles. The molecule has 0 aliphatic carbocycles. The zero-order valence-electron chi connectivity index (χ0n) is 21.3. The molecular weight excluding hydrogens is 482 g/mol. The fraction of sp³-hybridized carbons (Fsp3) is 0.0270. The molecule has 0 radical (unpaired) electrons. The summed E-state index contributed by atoms with van der Waals surface area (Å²) >= 11 is 0. The standard InChI is InChI=1S/C37H26F2/c38-35-15-7-11-30(25-35)29-19-23-33(24-20-29)37(31-12-5-2-6-13-31,34-14-8-16-36(39)26-34)32-21-17-28(18-22-32)27-9-3-1-4-10-27/h1-26H. The van der Waals surface area contributed by atoms with Crippen molar-refractivity contribution in [1.82, 2.24) is 0 Å². The molecule has 0 spiro atoms. The second-order valence-electron chi connectivity index (χ2n) is 9.66. The van der Waals surface area contributed by atoms with Crippen molar-refractivity contribution in [2.75, 3.05) is 0 Å². The summed E-state index contributed by atoms with van der Waals surface area (Å²) in [4.78, 5) is 0. The van der Waals surface area contributed by atoms with E-state index in [1.165, 1.54) is 18.2 Å². The molecular formula is C37H26F2. The van der Waals surface area contributed by atoms with E-state index in [0.717, 1.165) is 44.5 Å². The summed E-state index contributed by atoms with van der Waals surface area (Å²) in [7, 11) is 0. The molecule has 0 fully saturated rings. The Balaban J connectivity index is 1.59. The second kappa shape index (κ2) is 10.5. The van der Waals surface area contributed by atoms with Crippen molar-refractivity contribution in [2.24, 2.45) is 0 Å². The molecule has 1 atom stereocenters. The summed E-state index contributed by atoms with van der Waals surface area (Å²) in [6.45, 7) is 0. The monoisotopic (exact) mass is 508 g/mol. The van der Waals surface area contributed by atoms with Gasteiger partial charge in [-0.3, -0.25) is 0 Å². The third-order valence-corrected chi connectivity index (χ3v) is 7.37. The topological polar surface area (TPSA) is 0 Å². The van der Waals surface area contributed by atoms with Crippen molar-refractivity contribution in [3.05, 3.63) is 192 Å². The van der Waals surface area contributed by atoms with Crippen molar-refractivity contribution < 1.29 is 8.78 Å². The number of halogens is 2. The van der Waals surface area contributed by atoms with Gasteiger partial charge in [-0.25, -0.2) is 8.78 Å². The number of hydrogen-bond acceptors (Lipinski definition) is 0. The quantitative estimate of drug-likeness (QED) is 0.196. The minimum absolute atomic E-state index is 0.270. The molecule has 0 bridgehead atoms. The van der Waals surface area contributed by atoms with E-state index >= 15 is 0 Å². The summed E-state index contributed by atoms with van der Waals surface area (Å²) < 4.78 is 28.8. The summed E-state index contributed by atoms with van der Waals surface area (Å²) in [6, 6.07) is 50.6. The van der Waals surface area contributed by atoms with E-state index in [2.05, 4.69) is 60.7 Å². The molecule has 0 heterocycles. The Bertz CT molecular complexity index is 1690. The molecule has 39 heavy (non-hydrogen) atoms. The molecule has 2 heteroatoms. The first-order valence-corrected chi connectivity index (χ1v) is 13.0. The van der Waals surface area contributed by atoms with E-state index in [0.29, 0.717) is 0 Å². The van der Waals surface area contributed by atoms with Gasteiger partial charge in [0.25, 0.3) is 0 Å². The third kappa shape index (κ3) is 4.66. The highest BCUT2D eigenvalue weighted by Gasteiger charge is 2.38. The predicted molar refractivity (Wildman–Crippen MR) is 156 cm³/mol. The van der Waals surface area contributed by atoms with Crippen LogP contribution in [0.5, 0.6) is 0 Å². The molecule has 0 amide bonds. The van der Waals surface area contributed by atoms with E-state index < -0.39 is 5.41 Å². The lowest BCUT2D eigenvalue weighted by atomic mass is 9.65. The van der Waals surface area contributed by atoms with E-state index in [1.807, 2.05) is 60.7 Å². The maximum absolute atomic E-state index is 14.8. The molecule has 0 nitrogen and oxygen atoms in total. The molecule has 1 unspecified atom stereocenters. The Morgan fingerprint density at radius 1 is 0.308 bits per heavy atom. The van der Waals surface area contributed by atoms with Crippen molar-refractivity contribution in [3.63, 3.8) is 0 Å². The summed E-state index contributed by atoms with van der Waals surface area (Å²) in [5.41, 5.74) is 7.08. The smallest absolute Gasteiger partial charge is 0.123 e. The summed E-state index contributed by atoms with van der Waals surface area (Å²) in [5.74, 6) is -0.557. The molecule has 6 rings (SSSR count). The zero-order valence-corrected chi connectivity index (χ0v) is 21.3. The number of hydrogen-bond donors (Lipinski definition) is 0. The van der Waals surface area contributed by atoms with Gasteiger partial charge < -0.3 is 0 Å². The molecule has 0 aliphatic rings. The average molecular weight is 509 g/mol. The van der Waals surface area contributed by atoms with E-state index in [-0.39, 0.29) is 11.6 Å². The second-order valence-corrected chi connectivity index (χ2v) is 9.66. The normalized spacial score (nSPS) is 12.6. The van der Waals surface area contributed by atoms with Crippen LogP contribution in [0.15, 0.2) is 158 Å². The maximum Gasteiger partial charge on any atom is 0.123 e. The van der Waals surface area contributed by atoms with E-state index in [1.54, 1.807) is 18.2 Å². The van der Waals surface area contributed by atoms with Crippen LogP contribution >= 0.6 is 0 Å². The average Bonchev–Trinajstić information content (AvgIpc) is 2.99. The fourth-order valence-electron chi connectivity index (χ4n) is 5.53. The highest BCUT2D eigenvalue weighted by atomic mass is 19.1. The lowest BCUT2D eigenvalue weighted by Crippen LogP contribution is -2.31. The molecule has 0 aromatic heterocycles. The van der Waals surface area contributed by atoms with E-state index in [4.69, 9.17) is 0 Å². The lowest BCUT2D eigenvalue weighted by molar-refractivity contribution is 0.619. The molecule has 6 aromatic rings. The minimum Gasteiger partial charge on any atom is -0.207 e.